The second-order valence-electron chi connectivity index (χ2n) is 8.65. The number of carbonyl (C=O) groups is 3. The highest BCUT2D eigenvalue weighted by atomic mass is 16.5. The van der Waals surface area contributed by atoms with Crippen molar-refractivity contribution in [3.8, 4) is 11.5 Å². The SMILES string of the molecule is COc1cccc(CNC(=O)[C@@H]2CCCN2C(=O)[C@@H]2CCCN2C(=O)c2cccc(OC)c2)c1. The number of likely N-dealkylation sites (tertiary alicyclic amines) is 2. The molecule has 2 aromatic carbocycles. The second kappa shape index (κ2) is 10.6. The summed E-state index contributed by atoms with van der Waals surface area (Å²) in [5.41, 5.74) is 1.42. The van der Waals surface area contributed by atoms with Gasteiger partial charge in [-0.3, -0.25) is 14.4 Å². The zero-order valence-corrected chi connectivity index (χ0v) is 19.7. The predicted octanol–water partition coefficient (Wildman–Crippen LogP) is 2.62. The molecular weight excluding hydrogens is 434 g/mol. The van der Waals surface area contributed by atoms with Gasteiger partial charge in [-0.25, -0.2) is 0 Å². The first kappa shape index (κ1) is 23.6. The number of nitrogens with zero attached hydrogens (tertiary/aromatic N) is 2. The van der Waals surface area contributed by atoms with E-state index in [1.807, 2.05) is 24.3 Å². The number of carbonyl (C=O) groups excluding carboxylic acids is 3. The molecule has 0 aliphatic carbocycles. The standard InChI is InChI=1S/C26H31N3O5/c1-33-20-9-3-7-18(15-20)17-27-24(30)22-11-5-13-28(22)26(32)23-12-6-14-29(23)25(31)19-8-4-10-21(16-19)34-2/h3-4,7-10,15-16,22-23H,5-6,11-14,17H2,1-2H3,(H,27,30)/t22-,23-/m0/s1. The zero-order valence-electron chi connectivity index (χ0n) is 19.7. The molecule has 2 aromatic rings. The molecule has 2 fully saturated rings. The summed E-state index contributed by atoms with van der Waals surface area (Å²) in [5, 5.41) is 2.96. The first-order valence-corrected chi connectivity index (χ1v) is 11.7. The molecule has 180 valence electrons. The zero-order chi connectivity index (χ0) is 24.1. The second-order valence-corrected chi connectivity index (χ2v) is 8.65. The van der Waals surface area contributed by atoms with E-state index in [0.717, 1.165) is 24.2 Å². The van der Waals surface area contributed by atoms with Crippen LogP contribution in [0.4, 0.5) is 0 Å². The minimum atomic E-state index is -0.550. The first-order valence-electron chi connectivity index (χ1n) is 11.7. The number of amides is 3. The lowest BCUT2D eigenvalue weighted by molar-refractivity contribution is -0.141. The largest absolute Gasteiger partial charge is 0.497 e. The summed E-state index contributed by atoms with van der Waals surface area (Å²) in [5.74, 6) is 0.824. The third kappa shape index (κ3) is 5.00. The number of rotatable bonds is 7. The Hall–Kier alpha value is -3.55. The molecule has 0 aromatic heterocycles. The molecule has 2 atom stereocenters. The quantitative estimate of drug-likeness (QED) is 0.679. The van der Waals surface area contributed by atoms with Crippen molar-refractivity contribution >= 4 is 17.7 Å². The number of hydrogen-bond donors (Lipinski definition) is 1. The molecular formula is C26H31N3O5. The van der Waals surface area contributed by atoms with Crippen LogP contribution in [0.1, 0.15) is 41.6 Å². The van der Waals surface area contributed by atoms with Gasteiger partial charge >= 0.3 is 0 Å². The van der Waals surface area contributed by atoms with Gasteiger partial charge in [-0.15, -0.1) is 0 Å². The summed E-state index contributed by atoms with van der Waals surface area (Å²) < 4.78 is 10.5. The average molecular weight is 466 g/mol. The van der Waals surface area contributed by atoms with Gasteiger partial charge in [-0.05, 0) is 61.6 Å². The van der Waals surface area contributed by atoms with E-state index < -0.39 is 12.1 Å². The van der Waals surface area contributed by atoms with Gasteiger partial charge in [0.25, 0.3) is 5.91 Å². The molecule has 2 aliphatic rings. The molecule has 4 rings (SSSR count). The monoisotopic (exact) mass is 465 g/mol. The molecule has 2 heterocycles. The van der Waals surface area contributed by atoms with Gasteiger partial charge < -0.3 is 24.6 Å². The van der Waals surface area contributed by atoms with Gasteiger partial charge in [0.05, 0.1) is 14.2 Å². The van der Waals surface area contributed by atoms with Gasteiger partial charge in [0, 0.05) is 25.2 Å². The lowest BCUT2D eigenvalue weighted by Crippen LogP contribution is -2.52. The van der Waals surface area contributed by atoms with Crippen molar-refractivity contribution in [1.82, 2.24) is 15.1 Å². The first-order chi connectivity index (χ1) is 16.5. The Balaban J connectivity index is 1.42. The molecule has 0 spiro atoms. The van der Waals surface area contributed by atoms with Crippen LogP contribution < -0.4 is 14.8 Å². The van der Waals surface area contributed by atoms with Crippen molar-refractivity contribution in [2.75, 3.05) is 27.3 Å². The van der Waals surface area contributed by atoms with Gasteiger partial charge in [0.15, 0.2) is 0 Å². The van der Waals surface area contributed by atoms with Crippen LogP contribution in [0.2, 0.25) is 0 Å². The molecule has 2 saturated heterocycles. The number of hydrogen-bond acceptors (Lipinski definition) is 5. The highest BCUT2D eigenvalue weighted by Gasteiger charge is 2.42. The lowest BCUT2D eigenvalue weighted by Gasteiger charge is -2.31. The van der Waals surface area contributed by atoms with Crippen LogP contribution in [-0.2, 0) is 16.1 Å². The summed E-state index contributed by atoms with van der Waals surface area (Å²) in [6.07, 6.45) is 2.74. The maximum absolute atomic E-state index is 13.5. The van der Waals surface area contributed by atoms with E-state index in [4.69, 9.17) is 9.47 Å². The van der Waals surface area contributed by atoms with Gasteiger partial charge in [-0.2, -0.15) is 0 Å². The number of nitrogens with one attached hydrogen (secondary N) is 1. The summed E-state index contributed by atoms with van der Waals surface area (Å²) in [7, 11) is 3.16. The average Bonchev–Trinajstić information content (AvgIpc) is 3.57. The third-order valence-corrected chi connectivity index (χ3v) is 6.55. The van der Waals surface area contributed by atoms with E-state index in [0.29, 0.717) is 43.8 Å². The molecule has 8 nitrogen and oxygen atoms in total. The highest BCUT2D eigenvalue weighted by Crippen LogP contribution is 2.27. The van der Waals surface area contributed by atoms with E-state index >= 15 is 0 Å². The molecule has 2 aliphatic heterocycles. The molecule has 34 heavy (non-hydrogen) atoms. The predicted molar refractivity (Wildman–Crippen MR) is 127 cm³/mol. The van der Waals surface area contributed by atoms with Crippen molar-refractivity contribution in [2.24, 2.45) is 0 Å². The maximum Gasteiger partial charge on any atom is 0.254 e. The Morgan fingerprint density at radius 1 is 0.882 bits per heavy atom. The van der Waals surface area contributed by atoms with Crippen LogP contribution in [0.25, 0.3) is 0 Å². The van der Waals surface area contributed by atoms with Crippen LogP contribution >= 0.6 is 0 Å². The molecule has 1 N–H and O–H groups in total. The van der Waals surface area contributed by atoms with Crippen LogP contribution in [0.3, 0.4) is 0 Å². The summed E-state index contributed by atoms with van der Waals surface area (Å²) in [6.45, 7) is 1.40. The Kier molecular flexibility index (Phi) is 7.35. The molecule has 0 bridgehead atoms. The third-order valence-electron chi connectivity index (χ3n) is 6.55. The Morgan fingerprint density at radius 3 is 2.26 bits per heavy atom. The van der Waals surface area contributed by atoms with Crippen LogP contribution in [-0.4, -0.2) is 66.9 Å². The van der Waals surface area contributed by atoms with Gasteiger partial charge in [0.2, 0.25) is 11.8 Å². The number of methoxy groups -OCH3 is 2. The molecule has 0 radical (unpaired) electrons. The van der Waals surface area contributed by atoms with Crippen LogP contribution in [0.5, 0.6) is 11.5 Å². The van der Waals surface area contributed by atoms with Crippen molar-refractivity contribution < 1.29 is 23.9 Å². The van der Waals surface area contributed by atoms with E-state index in [1.165, 1.54) is 0 Å². The smallest absolute Gasteiger partial charge is 0.254 e. The molecule has 8 heteroatoms. The normalized spacial score (nSPS) is 19.7. The summed E-state index contributed by atoms with van der Waals surface area (Å²) in [6, 6.07) is 13.4. The van der Waals surface area contributed by atoms with E-state index in [-0.39, 0.29) is 17.7 Å². The summed E-state index contributed by atoms with van der Waals surface area (Å²) in [4.78, 5) is 43.0. The Bertz CT molecular complexity index is 1060. The van der Waals surface area contributed by atoms with E-state index in [1.54, 1.807) is 48.3 Å². The van der Waals surface area contributed by atoms with Crippen LogP contribution in [0.15, 0.2) is 48.5 Å². The van der Waals surface area contributed by atoms with Crippen molar-refractivity contribution in [3.05, 3.63) is 59.7 Å². The van der Waals surface area contributed by atoms with E-state index in [9.17, 15) is 14.4 Å². The topological polar surface area (TPSA) is 88.2 Å². The van der Waals surface area contributed by atoms with E-state index in [2.05, 4.69) is 5.32 Å². The Labute approximate surface area is 199 Å². The van der Waals surface area contributed by atoms with Crippen molar-refractivity contribution in [2.45, 2.75) is 44.3 Å². The van der Waals surface area contributed by atoms with Crippen LogP contribution in [0, 0.1) is 0 Å². The van der Waals surface area contributed by atoms with Gasteiger partial charge in [0.1, 0.15) is 23.6 Å². The van der Waals surface area contributed by atoms with Crippen molar-refractivity contribution in [3.63, 3.8) is 0 Å². The highest BCUT2D eigenvalue weighted by molar-refractivity contribution is 5.99. The fourth-order valence-electron chi connectivity index (χ4n) is 4.77. The molecule has 0 saturated carbocycles. The Morgan fingerprint density at radius 2 is 1.53 bits per heavy atom. The number of ether oxygens (including phenoxy) is 2. The maximum atomic E-state index is 13.5. The van der Waals surface area contributed by atoms with Gasteiger partial charge in [-0.1, -0.05) is 18.2 Å². The number of benzene rings is 2. The minimum absolute atomic E-state index is 0.146. The minimum Gasteiger partial charge on any atom is -0.497 e. The lowest BCUT2D eigenvalue weighted by atomic mass is 10.1. The van der Waals surface area contributed by atoms with Crippen molar-refractivity contribution in [1.29, 1.82) is 0 Å². The fourth-order valence-corrected chi connectivity index (χ4v) is 4.77. The fraction of sp³-hybridized carbons (Fsp3) is 0.423. The summed E-state index contributed by atoms with van der Waals surface area (Å²) >= 11 is 0. The molecule has 0 unspecified atom stereocenters. The molecule has 3 amide bonds.